The van der Waals surface area contributed by atoms with Crippen LogP contribution in [0.25, 0.3) is 5.76 Å². The zero-order valence-corrected chi connectivity index (χ0v) is 21.8. The molecule has 13 heteroatoms. The summed E-state index contributed by atoms with van der Waals surface area (Å²) in [5, 5.41) is 22.3. The minimum absolute atomic E-state index is 0.0225. The van der Waals surface area contributed by atoms with Crippen molar-refractivity contribution in [1.29, 1.82) is 0 Å². The van der Waals surface area contributed by atoms with Crippen molar-refractivity contribution in [2.45, 2.75) is 10.9 Å². The quantitative estimate of drug-likeness (QED) is 0.172. The summed E-state index contributed by atoms with van der Waals surface area (Å²) in [6, 6.07) is 9.88. The molecule has 202 valence electrons. The van der Waals surface area contributed by atoms with Crippen LogP contribution in [0.3, 0.4) is 0 Å². The third-order valence-corrected chi connectivity index (χ3v) is 8.40. The number of likely N-dealkylation sites (tertiary alicyclic amines) is 1. The number of morpholine rings is 1. The highest BCUT2D eigenvalue weighted by Crippen LogP contribution is 2.39. The molecular weight excluding hydrogens is 516 g/mol. The summed E-state index contributed by atoms with van der Waals surface area (Å²) in [7, 11) is -0.147. The molecule has 2 aliphatic heterocycles. The summed E-state index contributed by atoms with van der Waals surface area (Å²) in [5.74, 6) is -2.16. The lowest BCUT2D eigenvalue weighted by Crippen LogP contribution is -2.40. The number of amides is 1. The number of nitrogens with zero attached hydrogens (tertiary/aromatic N) is 4. The Balaban J connectivity index is 1.74. The second-order valence-electron chi connectivity index (χ2n) is 9.19. The van der Waals surface area contributed by atoms with Gasteiger partial charge in [0.05, 0.1) is 34.6 Å². The van der Waals surface area contributed by atoms with Crippen molar-refractivity contribution in [2.75, 3.05) is 53.5 Å². The number of non-ortho nitro benzene ring substituents is 1. The predicted octanol–water partition coefficient (Wildman–Crippen LogP) is 1.60. The third kappa shape index (κ3) is 5.31. The van der Waals surface area contributed by atoms with Crippen molar-refractivity contribution >= 4 is 33.2 Å². The van der Waals surface area contributed by atoms with E-state index in [1.165, 1.54) is 57.7 Å². The average molecular weight is 545 g/mol. The molecule has 1 amide bonds. The van der Waals surface area contributed by atoms with Crippen LogP contribution in [0.15, 0.2) is 59.0 Å². The number of rotatable bonds is 8. The standard InChI is InChI=1S/C25H28N4O8S/c1-26(2)11-12-28-22(17-3-7-19(8-4-17)29(33)34)21(24(31)25(28)32)23(30)18-5-9-20(10-6-18)38(35,36)27-13-15-37-16-14-27/h3-10,22,30H,11-16H2,1-2H3/b23-21+/t22-/m1/s1. The predicted molar refractivity (Wildman–Crippen MR) is 137 cm³/mol. The molecule has 12 nitrogen and oxygen atoms in total. The monoisotopic (exact) mass is 544 g/mol. The number of aliphatic hydroxyl groups is 1. The molecule has 0 spiro atoms. The molecule has 0 saturated carbocycles. The first-order valence-corrected chi connectivity index (χ1v) is 13.3. The summed E-state index contributed by atoms with van der Waals surface area (Å²) in [4.78, 5) is 39.9. The Labute approximate surface area is 219 Å². The van der Waals surface area contributed by atoms with Gasteiger partial charge in [0.1, 0.15) is 5.76 Å². The summed E-state index contributed by atoms with van der Waals surface area (Å²) in [6.07, 6.45) is 0. The van der Waals surface area contributed by atoms with Crippen LogP contribution in [0.1, 0.15) is 17.2 Å². The van der Waals surface area contributed by atoms with Gasteiger partial charge in [-0.2, -0.15) is 4.31 Å². The first-order valence-electron chi connectivity index (χ1n) is 11.9. The molecule has 1 N–H and O–H groups in total. The van der Waals surface area contributed by atoms with Crippen molar-refractivity contribution in [3.63, 3.8) is 0 Å². The number of sulfonamides is 1. The number of hydrogen-bond donors (Lipinski definition) is 1. The molecule has 2 heterocycles. The SMILES string of the molecule is CN(C)CCN1C(=O)C(=O)/C(=C(/O)c2ccc(S(=O)(=O)N3CCOCC3)cc2)[C@H]1c1ccc([N+](=O)[O-])cc1. The number of nitro groups is 1. The Morgan fingerprint density at radius 1 is 1.08 bits per heavy atom. The van der Waals surface area contributed by atoms with Crippen LogP contribution in [-0.4, -0.2) is 97.7 Å². The first kappa shape index (κ1) is 27.4. The molecule has 2 aromatic carbocycles. The van der Waals surface area contributed by atoms with E-state index in [0.717, 1.165) is 0 Å². The third-order valence-electron chi connectivity index (χ3n) is 6.48. The van der Waals surface area contributed by atoms with Crippen LogP contribution in [-0.2, 0) is 24.3 Å². The van der Waals surface area contributed by atoms with E-state index in [0.29, 0.717) is 25.3 Å². The van der Waals surface area contributed by atoms with Gasteiger partial charge in [-0.25, -0.2) is 8.42 Å². The van der Waals surface area contributed by atoms with Gasteiger partial charge in [0.2, 0.25) is 10.0 Å². The zero-order chi connectivity index (χ0) is 27.6. The number of Topliss-reactive ketones (excluding diaryl/α,β-unsaturated/α-hetero) is 1. The molecule has 38 heavy (non-hydrogen) atoms. The number of ketones is 1. The number of carbonyl (C=O) groups excluding carboxylic acids is 2. The van der Waals surface area contributed by atoms with E-state index in [4.69, 9.17) is 4.74 Å². The van der Waals surface area contributed by atoms with Crippen molar-refractivity contribution in [1.82, 2.24) is 14.1 Å². The van der Waals surface area contributed by atoms with Gasteiger partial charge in [0.25, 0.3) is 17.4 Å². The largest absolute Gasteiger partial charge is 0.507 e. The first-order chi connectivity index (χ1) is 18.0. The van der Waals surface area contributed by atoms with Gasteiger partial charge < -0.3 is 19.6 Å². The fourth-order valence-corrected chi connectivity index (χ4v) is 5.83. The van der Waals surface area contributed by atoms with Gasteiger partial charge in [-0.15, -0.1) is 0 Å². The Morgan fingerprint density at radius 3 is 2.24 bits per heavy atom. The second-order valence-corrected chi connectivity index (χ2v) is 11.1. The molecule has 2 saturated heterocycles. The van der Waals surface area contributed by atoms with Crippen molar-refractivity contribution in [3.05, 3.63) is 75.3 Å². The highest BCUT2D eigenvalue weighted by atomic mass is 32.2. The molecule has 1 atom stereocenters. The summed E-state index contributed by atoms with van der Waals surface area (Å²) >= 11 is 0. The Hall–Kier alpha value is -3.65. The topological polar surface area (TPSA) is 151 Å². The molecule has 4 rings (SSSR count). The summed E-state index contributed by atoms with van der Waals surface area (Å²) < 4.78 is 32.4. The zero-order valence-electron chi connectivity index (χ0n) is 20.9. The van der Waals surface area contributed by atoms with Crippen LogP contribution in [0, 0.1) is 10.1 Å². The minimum Gasteiger partial charge on any atom is -0.507 e. The minimum atomic E-state index is -3.77. The molecule has 2 fully saturated rings. The molecule has 0 aliphatic carbocycles. The summed E-state index contributed by atoms with van der Waals surface area (Å²) in [6.45, 7) is 1.67. The van der Waals surface area contributed by atoms with E-state index in [1.807, 2.05) is 19.0 Å². The Bertz CT molecular complexity index is 1370. The maximum Gasteiger partial charge on any atom is 0.295 e. The van der Waals surface area contributed by atoms with E-state index in [2.05, 4.69) is 0 Å². The van der Waals surface area contributed by atoms with E-state index < -0.39 is 38.4 Å². The highest BCUT2D eigenvalue weighted by Gasteiger charge is 2.46. The lowest BCUT2D eigenvalue weighted by molar-refractivity contribution is -0.384. The fraction of sp³-hybridized carbons (Fsp3) is 0.360. The molecule has 2 aliphatic rings. The normalized spacial score (nSPS) is 20.3. The maximum absolute atomic E-state index is 13.1. The van der Waals surface area contributed by atoms with Gasteiger partial charge in [0.15, 0.2) is 0 Å². The lowest BCUT2D eigenvalue weighted by Gasteiger charge is -2.26. The number of nitro benzene ring substituents is 1. The number of ether oxygens (including phenoxy) is 1. The lowest BCUT2D eigenvalue weighted by atomic mass is 9.95. The molecule has 2 aromatic rings. The molecule has 0 aromatic heterocycles. The number of likely N-dealkylation sites (N-methyl/N-ethyl adjacent to an activating group) is 1. The number of benzene rings is 2. The fourth-order valence-electron chi connectivity index (χ4n) is 4.42. The van der Waals surface area contributed by atoms with Crippen LogP contribution < -0.4 is 0 Å². The van der Waals surface area contributed by atoms with E-state index in [-0.39, 0.29) is 41.4 Å². The van der Waals surface area contributed by atoms with Crippen molar-refractivity contribution in [3.8, 4) is 0 Å². The van der Waals surface area contributed by atoms with Gasteiger partial charge in [-0.05, 0) is 56.1 Å². The number of hydrogen-bond acceptors (Lipinski definition) is 9. The molecular formula is C25H28N4O8S. The smallest absolute Gasteiger partial charge is 0.295 e. The van der Waals surface area contributed by atoms with Gasteiger partial charge in [-0.1, -0.05) is 0 Å². The second kappa shape index (κ2) is 11.0. The Morgan fingerprint density at radius 2 is 1.68 bits per heavy atom. The van der Waals surface area contributed by atoms with Crippen LogP contribution in [0.4, 0.5) is 5.69 Å². The average Bonchev–Trinajstić information content (AvgIpc) is 3.17. The van der Waals surface area contributed by atoms with Crippen LogP contribution >= 0.6 is 0 Å². The van der Waals surface area contributed by atoms with Gasteiger partial charge >= 0.3 is 0 Å². The summed E-state index contributed by atoms with van der Waals surface area (Å²) in [5.41, 5.74) is 0.243. The van der Waals surface area contributed by atoms with Crippen LogP contribution in [0.2, 0.25) is 0 Å². The van der Waals surface area contributed by atoms with E-state index >= 15 is 0 Å². The maximum atomic E-state index is 13.1. The molecule has 0 unspecified atom stereocenters. The van der Waals surface area contributed by atoms with Gasteiger partial charge in [0, 0.05) is 43.9 Å². The van der Waals surface area contributed by atoms with E-state index in [1.54, 1.807) is 0 Å². The molecule has 0 radical (unpaired) electrons. The van der Waals surface area contributed by atoms with Crippen molar-refractivity contribution in [2.24, 2.45) is 0 Å². The highest BCUT2D eigenvalue weighted by molar-refractivity contribution is 7.89. The molecule has 0 bridgehead atoms. The van der Waals surface area contributed by atoms with Crippen LogP contribution in [0.5, 0.6) is 0 Å². The Kier molecular flexibility index (Phi) is 7.92. The van der Waals surface area contributed by atoms with Crippen molar-refractivity contribution < 1.29 is 32.8 Å². The van der Waals surface area contributed by atoms with Gasteiger partial charge in [-0.3, -0.25) is 19.7 Å². The number of carbonyl (C=O) groups is 2. The van der Waals surface area contributed by atoms with E-state index in [9.17, 15) is 33.2 Å². The number of aliphatic hydroxyl groups excluding tert-OH is 1.